The molecule has 19 heavy (non-hydrogen) atoms. The molecule has 0 aliphatic heterocycles. The molecule has 102 valence electrons. The van der Waals surface area contributed by atoms with Gasteiger partial charge in [-0.05, 0) is 25.8 Å². The second-order valence-electron chi connectivity index (χ2n) is 4.42. The normalized spacial score (nSPS) is 10.8. The van der Waals surface area contributed by atoms with Gasteiger partial charge in [-0.25, -0.2) is 4.98 Å². The zero-order chi connectivity index (χ0) is 13.5. The Kier molecular flexibility index (Phi) is 4.89. The number of rotatable bonds is 7. The van der Waals surface area contributed by atoms with Crippen LogP contribution in [0.3, 0.4) is 0 Å². The van der Waals surface area contributed by atoms with E-state index in [-0.39, 0.29) is 5.97 Å². The summed E-state index contributed by atoms with van der Waals surface area (Å²) in [6.07, 6.45) is 8.86. The van der Waals surface area contributed by atoms with Gasteiger partial charge in [0, 0.05) is 19.2 Å². The Labute approximate surface area is 112 Å². The van der Waals surface area contributed by atoms with Crippen LogP contribution in [0.5, 0.6) is 0 Å². The first kappa shape index (κ1) is 13.5. The van der Waals surface area contributed by atoms with Gasteiger partial charge < -0.3 is 9.30 Å². The maximum atomic E-state index is 11.2. The number of esters is 1. The topological polar surface area (TPSA) is 57.0 Å². The number of hydrogen-bond donors (Lipinski definition) is 0. The first-order valence-electron chi connectivity index (χ1n) is 6.71. The Bertz CT molecular complexity index is 536. The highest BCUT2D eigenvalue weighted by Crippen LogP contribution is 2.12. The first-order valence-corrected chi connectivity index (χ1v) is 6.71. The number of pyridine rings is 1. The SMILES string of the molecule is CCOC(=O)CCCCCn1cnc2ccncc21. The summed E-state index contributed by atoms with van der Waals surface area (Å²) in [6, 6.07) is 1.91. The zero-order valence-electron chi connectivity index (χ0n) is 11.2. The third kappa shape index (κ3) is 3.77. The Morgan fingerprint density at radius 3 is 3.11 bits per heavy atom. The van der Waals surface area contributed by atoms with Crippen LogP contribution in [0.2, 0.25) is 0 Å². The van der Waals surface area contributed by atoms with Crippen molar-refractivity contribution in [3.63, 3.8) is 0 Å². The fraction of sp³-hybridized carbons (Fsp3) is 0.500. The van der Waals surface area contributed by atoms with Gasteiger partial charge in [0.15, 0.2) is 0 Å². The van der Waals surface area contributed by atoms with E-state index >= 15 is 0 Å². The monoisotopic (exact) mass is 261 g/mol. The minimum absolute atomic E-state index is 0.0974. The molecule has 0 bridgehead atoms. The van der Waals surface area contributed by atoms with E-state index in [4.69, 9.17) is 4.74 Å². The third-order valence-electron chi connectivity index (χ3n) is 3.01. The molecule has 0 unspecified atom stereocenters. The van der Waals surface area contributed by atoms with Gasteiger partial charge in [0.2, 0.25) is 0 Å². The highest BCUT2D eigenvalue weighted by molar-refractivity contribution is 5.73. The molecule has 0 saturated carbocycles. The first-order chi connectivity index (χ1) is 9.31. The van der Waals surface area contributed by atoms with Gasteiger partial charge >= 0.3 is 5.97 Å². The van der Waals surface area contributed by atoms with Gasteiger partial charge in [0.25, 0.3) is 0 Å². The molecule has 0 N–H and O–H groups in total. The summed E-state index contributed by atoms with van der Waals surface area (Å²) in [5, 5.41) is 0. The molecular formula is C14H19N3O2. The maximum absolute atomic E-state index is 11.2. The lowest BCUT2D eigenvalue weighted by atomic mass is 10.2. The van der Waals surface area contributed by atoms with Gasteiger partial charge in [-0.2, -0.15) is 0 Å². The number of ether oxygens (including phenoxy) is 1. The van der Waals surface area contributed by atoms with E-state index in [0.29, 0.717) is 13.0 Å². The molecule has 2 aromatic rings. The lowest BCUT2D eigenvalue weighted by molar-refractivity contribution is -0.143. The third-order valence-corrected chi connectivity index (χ3v) is 3.01. The molecule has 5 nitrogen and oxygen atoms in total. The van der Waals surface area contributed by atoms with Crippen molar-refractivity contribution in [2.45, 2.75) is 39.2 Å². The molecule has 0 spiro atoms. The number of nitrogens with zero attached hydrogens (tertiary/aromatic N) is 3. The number of hydrogen-bond acceptors (Lipinski definition) is 4. The lowest BCUT2D eigenvalue weighted by Crippen LogP contribution is -2.03. The van der Waals surface area contributed by atoms with E-state index in [1.807, 2.05) is 25.5 Å². The predicted octanol–water partition coefficient (Wildman–Crippen LogP) is 2.55. The molecule has 0 aromatic carbocycles. The summed E-state index contributed by atoms with van der Waals surface area (Å²) in [5.74, 6) is -0.0974. The number of fused-ring (bicyclic) bond motifs is 1. The summed E-state index contributed by atoms with van der Waals surface area (Å²) in [6.45, 7) is 3.20. The van der Waals surface area contributed by atoms with Gasteiger partial charge in [0.05, 0.1) is 30.2 Å². The molecule has 0 atom stereocenters. The summed E-state index contributed by atoms with van der Waals surface area (Å²) in [7, 11) is 0. The fourth-order valence-corrected chi connectivity index (χ4v) is 2.04. The fourth-order valence-electron chi connectivity index (χ4n) is 2.04. The maximum Gasteiger partial charge on any atom is 0.305 e. The predicted molar refractivity (Wildman–Crippen MR) is 72.6 cm³/mol. The van der Waals surface area contributed by atoms with Crippen LogP contribution in [0.15, 0.2) is 24.8 Å². The van der Waals surface area contributed by atoms with E-state index < -0.39 is 0 Å². The van der Waals surface area contributed by atoms with Crippen LogP contribution >= 0.6 is 0 Å². The Balaban J connectivity index is 1.73. The second kappa shape index (κ2) is 6.87. The highest BCUT2D eigenvalue weighted by atomic mass is 16.5. The van der Waals surface area contributed by atoms with E-state index in [9.17, 15) is 4.79 Å². The Morgan fingerprint density at radius 1 is 1.37 bits per heavy atom. The number of imidazole rings is 1. The molecule has 0 saturated heterocycles. The number of carbonyl (C=O) groups excluding carboxylic acids is 1. The van der Waals surface area contributed by atoms with Crippen LogP contribution in [0.1, 0.15) is 32.6 Å². The lowest BCUT2D eigenvalue weighted by Gasteiger charge is -2.04. The molecule has 0 amide bonds. The second-order valence-corrected chi connectivity index (χ2v) is 4.42. The van der Waals surface area contributed by atoms with E-state index in [1.54, 1.807) is 6.20 Å². The van der Waals surface area contributed by atoms with Crippen molar-refractivity contribution in [2.75, 3.05) is 6.61 Å². The number of carbonyl (C=O) groups is 1. The molecule has 0 radical (unpaired) electrons. The van der Waals surface area contributed by atoms with E-state index in [0.717, 1.165) is 36.8 Å². The standard InChI is InChI=1S/C14H19N3O2/c1-2-19-14(18)6-4-3-5-9-17-11-16-12-7-8-15-10-13(12)17/h7-8,10-11H,2-6,9H2,1H3. The highest BCUT2D eigenvalue weighted by Gasteiger charge is 2.03. The molecule has 2 aromatic heterocycles. The average Bonchev–Trinajstić information content (AvgIpc) is 2.82. The van der Waals surface area contributed by atoms with Gasteiger partial charge in [0.1, 0.15) is 0 Å². The molecule has 5 heteroatoms. The van der Waals surface area contributed by atoms with Crippen LogP contribution in [-0.2, 0) is 16.1 Å². The average molecular weight is 261 g/mol. The van der Waals surface area contributed by atoms with Crippen LogP contribution in [0, 0.1) is 0 Å². The van der Waals surface area contributed by atoms with Crippen LogP contribution in [-0.4, -0.2) is 27.1 Å². The number of aromatic nitrogens is 3. The molecule has 0 aliphatic rings. The quantitative estimate of drug-likeness (QED) is 0.567. The van der Waals surface area contributed by atoms with Crippen molar-refractivity contribution in [1.29, 1.82) is 0 Å². The Hall–Kier alpha value is -1.91. The van der Waals surface area contributed by atoms with Crippen LogP contribution in [0.4, 0.5) is 0 Å². The van der Waals surface area contributed by atoms with E-state index in [2.05, 4.69) is 14.5 Å². The van der Waals surface area contributed by atoms with E-state index in [1.165, 1.54) is 0 Å². The molecule has 0 aliphatic carbocycles. The number of unbranched alkanes of at least 4 members (excludes halogenated alkanes) is 2. The van der Waals surface area contributed by atoms with Crippen molar-refractivity contribution < 1.29 is 9.53 Å². The molecular weight excluding hydrogens is 242 g/mol. The zero-order valence-corrected chi connectivity index (χ0v) is 11.2. The summed E-state index contributed by atoms with van der Waals surface area (Å²) < 4.78 is 6.99. The minimum atomic E-state index is -0.0974. The van der Waals surface area contributed by atoms with Crippen molar-refractivity contribution in [2.24, 2.45) is 0 Å². The Morgan fingerprint density at radius 2 is 2.26 bits per heavy atom. The minimum Gasteiger partial charge on any atom is -0.466 e. The van der Waals surface area contributed by atoms with Crippen LogP contribution < -0.4 is 0 Å². The van der Waals surface area contributed by atoms with Crippen molar-refractivity contribution in [3.05, 3.63) is 24.8 Å². The molecule has 2 rings (SSSR count). The molecule has 2 heterocycles. The summed E-state index contributed by atoms with van der Waals surface area (Å²) >= 11 is 0. The largest absolute Gasteiger partial charge is 0.466 e. The summed E-state index contributed by atoms with van der Waals surface area (Å²) in [5.41, 5.74) is 2.04. The van der Waals surface area contributed by atoms with Gasteiger partial charge in [-0.15, -0.1) is 0 Å². The van der Waals surface area contributed by atoms with Crippen molar-refractivity contribution >= 4 is 17.0 Å². The summed E-state index contributed by atoms with van der Waals surface area (Å²) in [4.78, 5) is 19.6. The van der Waals surface area contributed by atoms with Crippen molar-refractivity contribution in [3.8, 4) is 0 Å². The smallest absolute Gasteiger partial charge is 0.305 e. The van der Waals surface area contributed by atoms with Crippen molar-refractivity contribution in [1.82, 2.24) is 14.5 Å². The number of aryl methyl sites for hydroxylation is 1. The van der Waals surface area contributed by atoms with Crippen LogP contribution in [0.25, 0.3) is 11.0 Å². The molecule has 0 fully saturated rings. The van der Waals surface area contributed by atoms with Gasteiger partial charge in [-0.1, -0.05) is 6.42 Å². The van der Waals surface area contributed by atoms with Gasteiger partial charge in [-0.3, -0.25) is 9.78 Å².